The molecule has 3 aromatic rings. The van der Waals surface area contributed by atoms with Crippen LogP contribution in [0.3, 0.4) is 0 Å². The lowest BCUT2D eigenvalue weighted by molar-refractivity contribution is -0.116. The second-order valence-corrected chi connectivity index (χ2v) is 8.60. The Morgan fingerprint density at radius 3 is 2.50 bits per heavy atom. The highest BCUT2D eigenvalue weighted by Crippen LogP contribution is 2.30. The Bertz CT molecular complexity index is 1200. The van der Waals surface area contributed by atoms with E-state index in [0.717, 1.165) is 48.4 Å². The zero-order valence-electron chi connectivity index (χ0n) is 18.7. The molecule has 0 spiro atoms. The number of hydrogen-bond acceptors (Lipinski definition) is 4. The maximum atomic E-state index is 13.4. The van der Waals surface area contributed by atoms with Crippen molar-refractivity contribution in [3.05, 3.63) is 64.8 Å². The number of rotatable bonds is 7. The maximum absolute atomic E-state index is 13.4. The van der Waals surface area contributed by atoms with Crippen LogP contribution in [0.4, 0.5) is 5.69 Å². The van der Waals surface area contributed by atoms with E-state index in [1.54, 1.807) is 25.3 Å². The van der Waals surface area contributed by atoms with Crippen LogP contribution in [0.1, 0.15) is 54.2 Å². The number of hydrogen-bond donors (Lipinski definition) is 0. The van der Waals surface area contributed by atoms with Gasteiger partial charge in [-0.3, -0.25) is 14.7 Å². The van der Waals surface area contributed by atoms with Crippen LogP contribution in [-0.4, -0.2) is 45.7 Å². The van der Waals surface area contributed by atoms with E-state index in [1.165, 1.54) is 6.42 Å². The van der Waals surface area contributed by atoms with E-state index in [9.17, 15) is 9.59 Å². The van der Waals surface area contributed by atoms with Crippen LogP contribution in [0.15, 0.2) is 36.5 Å². The molecule has 6 nitrogen and oxygen atoms in total. The summed E-state index contributed by atoms with van der Waals surface area (Å²) < 4.78 is 2.05. The lowest BCUT2D eigenvalue weighted by Gasteiger charge is -2.25. The average Bonchev–Trinajstić information content (AvgIpc) is 3.09. The van der Waals surface area contributed by atoms with Crippen molar-refractivity contribution < 1.29 is 9.59 Å². The molecule has 0 amide bonds. The SMILES string of the molecule is [C-]#[N+]c1ccc(-n2c(C)c(C(=O)CN3CCCCC3)c3ncc(CCC(C)=O)cc32)cc1. The van der Waals surface area contributed by atoms with Gasteiger partial charge in [-0.25, -0.2) is 4.85 Å². The minimum Gasteiger partial charge on any atom is -0.312 e. The number of likely N-dealkylation sites (tertiary alicyclic amines) is 1. The second-order valence-electron chi connectivity index (χ2n) is 8.60. The quantitative estimate of drug-likeness (QED) is 0.389. The van der Waals surface area contributed by atoms with E-state index in [2.05, 4.69) is 14.3 Å². The number of aromatic nitrogens is 2. The van der Waals surface area contributed by atoms with Gasteiger partial charge in [0.25, 0.3) is 0 Å². The molecule has 0 atom stereocenters. The molecule has 1 aliphatic rings. The van der Waals surface area contributed by atoms with Gasteiger partial charge in [0, 0.05) is 24.0 Å². The Hall–Kier alpha value is -3.30. The van der Waals surface area contributed by atoms with Gasteiger partial charge < -0.3 is 9.36 Å². The fourth-order valence-corrected chi connectivity index (χ4v) is 4.52. The Morgan fingerprint density at radius 1 is 1.12 bits per heavy atom. The van der Waals surface area contributed by atoms with Crippen LogP contribution in [0.5, 0.6) is 0 Å². The molecule has 0 N–H and O–H groups in total. The van der Waals surface area contributed by atoms with Crippen molar-refractivity contribution >= 4 is 28.3 Å². The van der Waals surface area contributed by atoms with Crippen LogP contribution in [0.2, 0.25) is 0 Å². The summed E-state index contributed by atoms with van der Waals surface area (Å²) in [5.74, 6) is 0.235. The van der Waals surface area contributed by atoms with E-state index < -0.39 is 0 Å². The predicted molar refractivity (Wildman–Crippen MR) is 126 cm³/mol. The van der Waals surface area contributed by atoms with Crippen molar-refractivity contribution in [2.45, 2.75) is 46.0 Å². The molecule has 0 saturated carbocycles. The molecule has 4 rings (SSSR count). The van der Waals surface area contributed by atoms with Gasteiger partial charge in [-0.1, -0.05) is 18.6 Å². The molecule has 1 aliphatic heterocycles. The summed E-state index contributed by atoms with van der Waals surface area (Å²) in [5.41, 5.74) is 5.52. The minimum absolute atomic E-state index is 0.0925. The van der Waals surface area contributed by atoms with Crippen LogP contribution in [0, 0.1) is 13.5 Å². The summed E-state index contributed by atoms with van der Waals surface area (Å²) in [4.78, 5) is 35.3. The van der Waals surface area contributed by atoms with Crippen molar-refractivity contribution in [2.24, 2.45) is 0 Å². The molecule has 6 heteroatoms. The Kier molecular flexibility index (Phi) is 6.48. The van der Waals surface area contributed by atoms with Gasteiger partial charge >= 0.3 is 0 Å². The lowest BCUT2D eigenvalue weighted by atomic mass is 10.1. The number of ketones is 2. The van der Waals surface area contributed by atoms with Crippen molar-refractivity contribution in [1.82, 2.24) is 14.5 Å². The molecule has 0 radical (unpaired) electrons. The van der Waals surface area contributed by atoms with Crippen molar-refractivity contribution in [1.29, 1.82) is 0 Å². The van der Waals surface area contributed by atoms with E-state index >= 15 is 0 Å². The summed E-state index contributed by atoms with van der Waals surface area (Å²) >= 11 is 0. The first-order chi connectivity index (χ1) is 15.5. The van der Waals surface area contributed by atoms with E-state index in [-0.39, 0.29) is 11.6 Å². The molecule has 164 valence electrons. The number of carbonyl (C=O) groups is 2. The predicted octanol–water partition coefficient (Wildman–Crippen LogP) is 5.07. The Balaban J connectivity index is 1.80. The zero-order chi connectivity index (χ0) is 22.7. The Labute approximate surface area is 188 Å². The zero-order valence-corrected chi connectivity index (χ0v) is 18.7. The Morgan fingerprint density at radius 2 is 1.84 bits per heavy atom. The maximum Gasteiger partial charge on any atom is 0.187 e. The van der Waals surface area contributed by atoms with Gasteiger partial charge in [-0.05, 0) is 70.0 Å². The molecule has 1 aromatic carbocycles. The summed E-state index contributed by atoms with van der Waals surface area (Å²) in [5, 5.41) is 0. The third-order valence-corrected chi connectivity index (χ3v) is 6.20. The highest BCUT2D eigenvalue weighted by atomic mass is 16.1. The number of fused-ring (bicyclic) bond motifs is 1. The second kappa shape index (κ2) is 9.46. The number of piperidine rings is 1. The van der Waals surface area contributed by atoms with Crippen LogP contribution < -0.4 is 0 Å². The van der Waals surface area contributed by atoms with Crippen LogP contribution in [-0.2, 0) is 11.2 Å². The summed E-state index contributed by atoms with van der Waals surface area (Å²) in [6, 6.07) is 9.42. The normalized spacial score (nSPS) is 14.4. The van der Waals surface area contributed by atoms with Crippen molar-refractivity contribution in [3.63, 3.8) is 0 Å². The number of benzene rings is 1. The number of pyridine rings is 1. The van der Waals surface area contributed by atoms with Gasteiger partial charge in [-0.2, -0.15) is 0 Å². The molecule has 0 aliphatic carbocycles. The smallest absolute Gasteiger partial charge is 0.187 e. The highest BCUT2D eigenvalue weighted by Gasteiger charge is 2.24. The molecule has 3 heterocycles. The number of carbonyl (C=O) groups excluding carboxylic acids is 2. The first-order valence-electron chi connectivity index (χ1n) is 11.2. The summed E-state index contributed by atoms with van der Waals surface area (Å²) in [7, 11) is 0. The molecule has 2 aromatic heterocycles. The fourth-order valence-electron chi connectivity index (χ4n) is 4.52. The van der Waals surface area contributed by atoms with Gasteiger partial charge in [0.1, 0.15) is 5.78 Å². The fraction of sp³-hybridized carbons (Fsp3) is 0.385. The lowest BCUT2D eigenvalue weighted by Crippen LogP contribution is -2.34. The van der Waals surface area contributed by atoms with E-state index in [1.807, 2.05) is 25.1 Å². The van der Waals surface area contributed by atoms with Gasteiger partial charge in [0.05, 0.1) is 29.7 Å². The summed E-state index contributed by atoms with van der Waals surface area (Å²) in [6.07, 6.45) is 6.38. The van der Waals surface area contributed by atoms with Gasteiger partial charge in [0.15, 0.2) is 11.5 Å². The summed E-state index contributed by atoms with van der Waals surface area (Å²) in [6.45, 7) is 13.1. The first-order valence-corrected chi connectivity index (χ1v) is 11.2. The largest absolute Gasteiger partial charge is 0.312 e. The van der Waals surface area contributed by atoms with Crippen molar-refractivity contribution in [2.75, 3.05) is 19.6 Å². The first kappa shape index (κ1) is 21.9. The van der Waals surface area contributed by atoms with Crippen molar-refractivity contribution in [3.8, 4) is 5.69 Å². The van der Waals surface area contributed by atoms with Crippen LogP contribution in [0.25, 0.3) is 21.6 Å². The van der Waals surface area contributed by atoms with Gasteiger partial charge in [-0.15, -0.1) is 0 Å². The molecule has 32 heavy (non-hydrogen) atoms. The molecule has 0 unspecified atom stereocenters. The molecular weight excluding hydrogens is 400 g/mol. The topological polar surface area (TPSA) is 59.6 Å². The monoisotopic (exact) mass is 428 g/mol. The van der Waals surface area contributed by atoms with E-state index in [4.69, 9.17) is 11.6 Å². The van der Waals surface area contributed by atoms with Gasteiger partial charge in [0.2, 0.25) is 0 Å². The van der Waals surface area contributed by atoms with Crippen LogP contribution >= 0.6 is 0 Å². The molecule has 0 bridgehead atoms. The number of Topliss-reactive ketones (excluding diaryl/α,β-unsaturated/α-hetero) is 2. The highest BCUT2D eigenvalue weighted by molar-refractivity contribution is 6.09. The molecular formula is C26H28N4O2. The number of aryl methyl sites for hydroxylation is 1. The van der Waals surface area contributed by atoms with E-state index in [0.29, 0.717) is 36.2 Å². The standard InChI is InChI=1S/C26H28N4O2/c1-18(31)7-8-20-15-23-26(28-16-20)25(24(32)17-29-13-5-4-6-14-29)19(2)30(23)22-11-9-21(27-3)10-12-22/h9-12,15-16H,4-8,13-14,17H2,1-2H3. The third kappa shape index (κ3) is 4.49. The minimum atomic E-state index is 0.0925. The molecule has 1 saturated heterocycles. The molecule has 1 fully saturated rings. The third-order valence-electron chi connectivity index (χ3n) is 6.20. The number of nitrogens with zero attached hydrogens (tertiary/aromatic N) is 4. The average molecular weight is 429 g/mol.